The molecule has 0 unspecified atom stereocenters. The summed E-state index contributed by atoms with van der Waals surface area (Å²) in [4.78, 5) is 8.47. The summed E-state index contributed by atoms with van der Waals surface area (Å²) in [6, 6.07) is 7.43. The van der Waals surface area contributed by atoms with Crippen molar-refractivity contribution in [2.75, 3.05) is 12.8 Å². The highest BCUT2D eigenvalue weighted by Crippen LogP contribution is 2.25. The van der Waals surface area contributed by atoms with Crippen LogP contribution >= 0.6 is 11.8 Å². The van der Waals surface area contributed by atoms with Gasteiger partial charge in [-0.1, -0.05) is 6.07 Å². The lowest BCUT2D eigenvalue weighted by Gasteiger charge is -2.04. The van der Waals surface area contributed by atoms with Crippen molar-refractivity contribution in [3.8, 4) is 0 Å². The van der Waals surface area contributed by atoms with Gasteiger partial charge in [-0.3, -0.25) is 4.40 Å². The van der Waals surface area contributed by atoms with Crippen LogP contribution in [0.3, 0.4) is 0 Å². The largest absolute Gasteiger partial charge is 0.384 e. The van der Waals surface area contributed by atoms with E-state index in [1.807, 2.05) is 28.8 Å². The van der Waals surface area contributed by atoms with Gasteiger partial charge in [0.25, 0.3) is 0 Å². The van der Waals surface area contributed by atoms with Crippen LogP contribution < -0.4 is 5.73 Å². The Morgan fingerprint density at radius 2 is 2.20 bits per heavy atom. The minimum atomic E-state index is 0.319. The third-order valence-electron chi connectivity index (χ3n) is 2.52. The fourth-order valence-electron chi connectivity index (χ4n) is 1.72. The van der Waals surface area contributed by atoms with Crippen LogP contribution in [0.4, 0.5) is 5.82 Å². The first-order valence-corrected chi connectivity index (χ1v) is 6.68. The number of nitrogen functional groups attached to an aromatic ring is 1. The number of hydrogen-bond acceptors (Lipinski definition) is 7. The second kappa shape index (κ2) is 5.43. The van der Waals surface area contributed by atoms with Gasteiger partial charge in [-0.25, -0.2) is 9.97 Å². The van der Waals surface area contributed by atoms with Crippen molar-refractivity contribution in [3.63, 3.8) is 0 Å². The van der Waals surface area contributed by atoms with Crippen molar-refractivity contribution in [3.05, 3.63) is 36.3 Å². The number of nitrogens with two attached hydrogens (primary N) is 1. The van der Waals surface area contributed by atoms with Gasteiger partial charge < -0.3 is 10.5 Å². The van der Waals surface area contributed by atoms with Crippen molar-refractivity contribution in [2.24, 2.45) is 0 Å². The van der Waals surface area contributed by atoms with E-state index >= 15 is 0 Å². The van der Waals surface area contributed by atoms with Crippen LogP contribution in [0.2, 0.25) is 0 Å². The molecule has 0 bridgehead atoms. The molecule has 0 aromatic carbocycles. The Bertz CT molecular complexity index is 744. The van der Waals surface area contributed by atoms with Gasteiger partial charge in [-0.05, 0) is 23.9 Å². The summed E-state index contributed by atoms with van der Waals surface area (Å²) < 4.78 is 6.91. The highest BCUT2D eigenvalue weighted by atomic mass is 32.2. The molecule has 3 aromatic rings. The van der Waals surface area contributed by atoms with Crippen molar-refractivity contribution in [1.29, 1.82) is 0 Å². The van der Waals surface area contributed by atoms with Gasteiger partial charge in [0, 0.05) is 19.4 Å². The molecule has 8 heteroatoms. The number of fused-ring (bicyclic) bond motifs is 1. The van der Waals surface area contributed by atoms with Gasteiger partial charge in [0.1, 0.15) is 17.5 Å². The average Bonchev–Trinajstić information content (AvgIpc) is 2.82. The monoisotopic (exact) mass is 288 g/mol. The van der Waals surface area contributed by atoms with Gasteiger partial charge >= 0.3 is 0 Å². The standard InChI is InChI=1S/C12H12N6OS/c1-19-7-9-14-8(13)6-11(15-9)20-12-17-16-10-4-2-3-5-18(10)12/h2-6H,7H2,1H3,(H2,13,14,15). The fourth-order valence-corrected chi connectivity index (χ4v) is 2.57. The van der Waals surface area contributed by atoms with E-state index in [1.165, 1.54) is 11.8 Å². The van der Waals surface area contributed by atoms with E-state index in [-0.39, 0.29) is 0 Å². The van der Waals surface area contributed by atoms with E-state index in [4.69, 9.17) is 10.5 Å². The zero-order chi connectivity index (χ0) is 13.9. The Hall–Kier alpha value is -2.19. The molecule has 0 aliphatic rings. The quantitative estimate of drug-likeness (QED) is 0.725. The number of methoxy groups -OCH3 is 1. The molecule has 0 aliphatic carbocycles. The lowest BCUT2D eigenvalue weighted by Crippen LogP contribution is -2.02. The number of rotatable bonds is 4. The molecule has 0 radical (unpaired) electrons. The molecule has 0 amide bonds. The van der Waals surface area contributed by atoms with Crippen LogP contribution in [0.5, 0.6) is 0 Å². The van der Waals surface area contributed by atoms with E-state index < -0.39 is 0 Å². The molecular weight excluding hydrogens is 276 g/mol. The number of aromatic nitrogens is 5. The Morgan fingerprint density at radius 3 is 3.05 bits per heavy atom. The maximum absolute atomic E-state index is 5.77. The van der Waals surface area contributed by atoms with Crippen LogP contribution in [0.25, 0.3) is 5.65 Å². The van der Waals surface area contributed by atoms with Crippen LogP contribution in [0.15, 0.2) is 40.6 Å². The maximum Gasteiger partial charge on any atom is 0.201 e. The molecule has 0 saturated carbocycles. The van der Waals surface area contributed by atoms with E-state index in [0.29, 0.717) is 23.3 Å². The number of pyridine rings is 1. The Morgan fingerprint density at radius 1 is 1.30 bits per heavy atom. The molecule has 7 nitrogen and oxygen atoms in total. The van der Waals surface area contributed by atoms with Gasteiger partial charge in [0.15, 0.2) is 11.5 Å². The van der Waals surface area contributed by atoms with E-state index in [0.717, 1.165) is 10.8 Å². The predicted molar refractivity (Wildman–Crippen MR) is 74.3 cm³/mol. The molecule has 102 valence electrons. The van der Waals surface area contributed by atoms with Gasteiger partial charge in [0.2, 0.25) is 5.16 Å². The number of hydrogen-bond donors (Lipinski definition) is 1. The highest BCUT2D eigenvalue weighted by Gasteiger charge is 2.10. The maximum atomic E-state index is 5.77. The lowest BCUT2D eigenvalue weighted by molar-refractivity contribution is 0.177. The minimum absolute atomic E-state index is 0.319. The van der Waals surface area contributed by atoms with Crippen LogP contribution in [-0.2, 0) is 11.3 Å². The molecule has 0 spiro atoms. The average molecular weight is 288 g/mol. The molecule has 20 heavy (non-hydrogen) atoms. The van der Waals surface area contributed by atoms with E-state index in [1.54, 1.807) is 13.2 Å². The second-order valence-corrected chi connectivity index (χ2v) is 4.98. The first kappa shape index (κ1) is 12.8. The smallest absolute Gasteiger partial charge is 0.201 e. The van der Waals surface area contributed by atoms with Crippen LogP contribution in [-0.4, -0.2) is 31.7 Å². The first-order chi connectivity index (χ1) is 9.76. The lowest BCUT2D eigenvalue weighted by atomic mass is 10.5. The predicted octanol–water partition coefficient (Wildman–Crippen LogP) is 1.40. The zero-order valence-corrected chi connectivity index (χ0v) is 11.5. The summed E-state index contributed by atoms with van der Waals surface area (Å²) in [6.45, 7) is 0.319. The number of ether oxygens (including phenoxy) is 1. The molecule has 2 N–H and O–H groups in total. The Balaban J connectivity index is 1.94. The highest BCUT2D eigenvalue weighted by molar-refractivity contribution is 7.99. The summed E-state index contributed by atoms with van der Waals surface area (Å²) in [5, 5.41) is 9.66. The van der Waals surface area contributed by atoms with Crippen LogP contribution in [0.1, 0.15) is 5.82 Å². The number of anilines is 1. The Kier molecular flexibility index (Phi) is 3.48. The van der Waals surface area contributed by atoms with E-state index in [9.17, 15) is 0 Å². The molecule has 0 fully saturated rings. The SMILES string of the molecule is COCc1nc(N)cc(Sc2nnc3ccccn23)n1. The Labute approximate surface area is 119 Å². The third-order valence-corrected chi connectivity index (χ3v) is 3.40. The first-order valence-electron chi connectivity index (χ1n) is 5.86. The molecule has 0 saturated heterocycles. The van der Waals surface area contributed by atoms with Crippen molar-refractivity contribution in [1.82, 2.24) is 24.6 Å². The van der Waals surface area contributed by atoms with Gasteiger partial charge in [-0.2, -0.15) is 0 Å². The van der Waals surface area contributed by atoms with Crippen molar-refractivity contribution >= 4 is 23.2 Å². The summed E-state index contributed by atoms with van der Waals surface area (Å²) >= 11 is 1.38. The second-order valence-electron chi connectivity index (χ2n) is 3.99. The molecule has 0 atom stereocenters. The van der Waals surface area contributed by atoms with Crippen molar-refractivity contribution < 1.29 is 4.74 Å². The third kappa shape index (κ3) is 2.56. The van der Waals surface area contributed by atoms with Crippen LogP contribution in [0, 0.1) is 0 Å². The van der Waals surface area contributed by atoms with Gasteiger partial charge in [-0.15, -0.1) is 10.2 Å². The van der Waals surface area contributed by atoms with E-state index in [2.05, 4.69) is 20.2 Å². The summed E-state index contributed by atoms with van der Waals surface area (Å²) in [5.41, 5.74) is 6.55. The molecule has 3 heterocycles. The fraction of sp³-hybridized carbons (Fsp3) is 0.167. The van der Waals surface area contributed by atoms with Gasteiger partial charge in [0.05, 0.1) is 0 Å². The topological polar surface area (TPSA) is 91.2 Å². The molecule has 0 aliphatic heterocycles. The minimum Gasteiger partial charge on any atom is -0.384 e. The molecule has 3 rings (SSSR count). The summed E-state index contributed by atoms with van der Waals surface area (Å²) in [7, 11) is 1.59. The number of nitrogens with zero attached hydrogens (tertiary/aromatic N) is 5. The summed E-state index contributed by atoms with van der Waals surface area (Å²) in [6.07, 6.45) is 1.90. The molecule has 3 aromatic heterocycles. The van der Waals surface area contributed by atoms with Crippen molar-refractivity contribution in [2.45, 2.75) is 16.8 Å². The normalized spacial score (nSPS) is 11.1. The summed E-state index contributed by atoms with van der Waals surface area (Å²) in [5.74, 6) is 0.951. The zero-order valence-electron chi connectivity index (χ0n) is 10.7. The molecular formula is C12H12N6OS.